The summed E-state index contributed by atoms with van der Waals surface area (Å²) >= 11 is 0. The van der Waals surface area contributed by atoms with Crippen molar-refractivity contribution in [3.63, 3.8) is 0 Å². The fraction of sp³-hybridized carbons (Fsp3) is 0.500. The second kappa shape index (κ2) is 5.29. The van der Waals surface area contributed by atoms with Crippen molar-refractivity contribution in [3.05, 3.63) is 34.9 Å². The molecular weight excluding hydrogens is 250 g/mol. The molecule has 0 amide bonds. The lowest BCUT2D eigenvalue weighted by Gasteiger charge is -2.27. The molecule has 2 aliphatic rings. The van der Waals surface area contributed by atoms with Crippen LogP contribution in [-0.2, 0) is 11.2 Å². The van der Waals surface area contributed by atoms with Crippen LogP contribution in [0.5, 0.6) is 0 Å². The number of hydrogen-bond donors (Lipinski definition) is 1. The highest BCUT2D eigenvalue weighted by Gasteiger charge is 2.34. The van der Waals surface area contributed by atoms with Crippen LogP contribution in [0.3, 0.4) is 0 Å². The Balaban J connectivity index is 0.00000120. The second-order valence-corrected chi connectivity index (χ2v) is 4.92. The highest BCUT2D eigenvalue weighted by atomic mass is 35.5. The Morgan fingerprint density at radius 2 is 2.17 bits per heavy atom. The molecule has 1 atom stereocenters. The molecule has 3 nitrogen and oxygen atoms in total. The summed E-state index contributed by atoms with van der Waals surface area (Å²) in [5.74, 6) is 0.562. The van der Waals surface area contributed by atoms with Gasteiger partial charge >= 0.3 is 5.97 Å². The Kier molecular flexibility index (Phi) is 3.93. The van der Waals surface area contributed by atoms with Crippen molar-refractivity contribution in [2.24, 2.45) is 5.92 Å². The summed E-state index contributed by atoms with van der Waals surface area (Å²) in [7, 11) is 1.43. The topological polar surface area (TPSA) is 38.3 Å². The zero-order chi connectivity index (χ0) is 11.8. The number of fused-ring (bicyclic) bond motifs is 1. The molecule has 1 fully saturated rings. The van der Waals surface area contributed by atoms with E-state index in [0.717, 1.165) is 18.9 Å². The number of carbonyl (C=O) groups excluding carboxylic acids is 1. The van der Waals surface area contributed by atoms with E-state index in [0.29, 0.717) is 11.6 Å². The summed E-state index contributed by atoms with van der Waals surface area (Å²) in [5.41, 5.74) is 3.36. The van der Waals surface area contributed by atoms with E-state index in [1.54, 1.807) is 0 Å². The quantitative estimate of drug-likeness (QED) is 0.837. The molecule has 1 saturated carbocycles. The van der Waals surface area contributed by atoms with Gasteiger partial charge in [-0.1, -0.05) is 6.07 Å². The fourth-order valence-electron chi connectivity index (χ4n) is 2.69. The molecule has 0 aromatic heterocycles. The van der Waals surface area contributed by atoms with Crippen molar-refractivity contribution in [1.29, 1.82) is 0 Å². The maximum absolute atomic E-state index is 11.5. The van der Waals surface area contributed by atoms with Crippen molar-refractivity contribution >= 4 is 18.4 Å². The highest BCUT2D eigenvalue weighted by molar-refractivity contribution is 5.89. The average molecular weight is 268 g/mol. The molecule has 1 unspecified atom stereocenters. The van der Waals surface area contributed by atoms with E-state index in [1.807, 2.05) is 12.1 Å². The Morgan fingerprint density at radius 1 is 1.39 bits per heavy atom. The summed E-state index contributed by atoms with van der Waals surface area (Å²) < 4.78 is 4.76. The van der Waals surface area contributed by atoms with E-state index < -0.39 is 0 Å². The molecule has 1 aromatic carbocycles. The number of ether oxygens (including phenoxy) is 1. The molecule has 1 heterocycles. The first-order valence-corrected chi connectivity index (χ1v) is 6.24. The molecule has 0 saturated heterocycles. The average Bonchev–Trinajstić information content (AvgIpc) is 3.20. The van der Waals surface area contributed by atoms with Crippen molar-refractivity contribution in [3.8, 4) is 0 Å². The SMILES string of the molecule is COC(=O)c1ccc2c(c1)CCNC2C1CC1.Cl. The van der Waals surface area contributed by atoms with Crippen LogP contribution in [0.2, 0.25) is 0 Å². The predicted molar refractivity (Wildman–Crippen MR) is 72.2 cm³/mol. The van der Waals surface area contributed by atoms with E-state index in [4.69, 9.17) is 4.74 Å². The zero-order valence-corrected chi connectivity index (χ0v) is 11.3. The van der Waals surface area contributed by atoms with Gasteiger partial charge in [0.05, 0.1) is 12.7 Å². The lowest BCUT2D eigenvalue weighted by molar-refractivity contribution is 0.0600. The first-order chi connectivity index (χ1) is 8.29. The van der Waals surface area contributed by atoms with Gasteiger partial charge in [-0.05, 0) is 55.0 Å². The summed E-state index contributed by atoms with van der Waals surface area (Å²) in [6, 6.07) is 6.48. The molecule has 98 valence electrons. The molecule has 0 radical (unpaired) electrons. The van der Waals surface area contributed by atoms with Crippen molar-refractivity contribution in [1.82, 2.24) is 5.32 Å². The summed E-state index contributed by atoms with van der Waals surface area (Å²) in [4.78, 5) is 11.5. The normalized spacial score (nSPS) is 21.7. The van der Waals surface area contributed by atoms with Gasteiger partial charge in [0.2, 0.25) is 0 Å². The summed E-state index contributed by atoms with van der Waals surface area (Å²) in [6.07, 6.45) is 3.66. The van der Waals surface area contributed by atoms with Crippen LogP contribution >= 0.6 is 12.4 Å². The van der Waals surface area contributed by atoms with E-state index in [-0.39, 0.29) is 18.4 Å². The third-order valence-corrected chi connectivity index (χ3v) is 3.75. The Bertz CT molecular complexity index is 457. The van der Waals surface area contributed by atoms with Gasteiger partial charge in [-0.25, -0.2) is 4.79 Å². The minimum absolute atomic E-state index is 0. The first-order valence-electron chi connectivity index (χ1n) is 6.24. The molecule has 1 aromatic rings. The van der Waals surface area contributed by atoms with Gasteiger partial charge in [0.1, 0.15) is 0 Å². The molecule has 3 rings (SSSR count). The number of halogens is 1. The Morgan fingerprint density at radius 3 is 2.83 bits per heavy atom. The monoisotopic (exact) mass is 267 g/mol. The van der Waals surface area contributed by atoms with Crippen LogP contribution in [0, 0.1) is 5.92 Å². The van der Waals surface area contributed by atoms with Gasteiger partial charge in [0.15, 0.2) is 0 Å². The van der Waals surface area contributed by atoms with Crippen LogP contribution in [0.15, 0.2) is 18.2 Å². The summed E-state index contributed by atoms with van der Waals surface area (Å²) in [5, 5.41) is 3.58. The first kappa shape index (κ1) is 13.4. The largest absolute Gasteiger partial charge is 0.465 e. The number of methoxy groups -OCH3 is 1. The minimum Gasteiger partial charge on any atom is -0.465 e. The Labute approximate surface area is 113 Å². The third kappa shape index (κ3) is 2.38. The van der Waals surface area contributed by atoms with E-state index in [2.05, 4.69) is 11.4 Å². The van der Waals surface area contributed by atoms with Crippen LogP contribution in [0.25, 0.3) is 0 Å². The molecule has 18 heavy (non-hydrogen) atoms. The number of benzene rings is 1. The Hall–Kier alpha value is -1.06. The fourth-order valence-corrected chi connectivity index (χ4v) is 2.69. The van der Waals surface area contributed by atoms with Gasteiger partial charge in [0.25, 0.3) is 0 Å². The lowest BCUT2D eigenvalue weighted by atomic mass is 9.90. The van der Waals surface area contributed by atoms with Gasteiger partial charge in [-0.3, -0.25) is 0 Å². The van der Waals surface area contributed by atoms with Crippen LogP contribution in [0.4, 0.5) is 0 Å². The molecule has 0 spiro atoms. The lowest BCUT2D eigenvalue weighted by Crippen LogP contribution is -2.31. The maximum Gasteiger partial charge on any atom is 0.337 e. The third-order valence-electron chi connectivity index (χ3n) is 3.75. The van der Waals surface area contributed by atoms with Crippen LogP contribution < -0.4 is 5.32 Å². The van der Waals surface area contributed by atoms with Crippen molar-refractivity contribution in [2.45, 2.75) is 25.3 Å². The van der Waals surface area contributed by atoms with Gasteiger partial charge in [-0.15, -0.1) is 12.4 Å². The minimum atomic E-state index is -0.241. The summed E-state index contributed by atoms with van der Waals surface area (Å²) in [6.45, 7) is 1.01. The van der Waals surface area contributed by atoms with Crippen molar-refractivity contribution < 1.29 is 9.53 Å². The number of rotatable bonds is 2. The zero-order valence-electron chi connectivity index (χ0n) is 10.4. The molecule has 1 aliphatic heterocycles. The van der Waals surface area contributed by atoms with Crippen LogP contribution in [-0.4, -0.2) is 19.6 Å². The van der Waals surface area contributed by atoms with E-state index in [9.17, 15) is 4.79 Å². The van der Waals surface area contributed by atoms with Crippen LogP contribution in [0.1, 0.15) is 40.4 Å². The highest BCUT2D eigenvalue weighted by Crippen LogP contribution is 2.43. The smallest absolute Gasteiger partial charge is 0.337 e. The second-order valence-electron chi connectivity index (χ2n) is 4.92. The molecule has 0 bridgehead atoms. The predicted octanol–water partition coefficient (Wildman–Crippen LogP) is 2.49. The number of carbonyl (C=O) groups is 1. The molecule has 4 heteroatoms. The van der Waals surface area contributed by atoms with E-state index in [1.165, 1.54) is 31.1 Å². The standard InChI is InChI=1S/C14H17NO2.ClH/c1-17-14(16)11-4-5-12-10(8-11)6-7-15-13(12)9-2-3-9;/h4-5,8-9,13,15H,2-3,6-7H2,1H3;1H. The number of esters is 1. The molecule has 1 N–H and O–H groups in total. The van der Waals surface area contributed by atoms with Gasteiger partial charge in [0, 0.05) is 6.04 Å². The van der Waals surface area contributed by atoms with Gasteiger partial charge < -0.3 is 10.1 Å². The van der Waals surface area contributed by atoms with Gasteiger partial charge in [-0.2, -0.15) is 0 Å². The number of nitrogens with one attached hydrogen (secondary N) is 1. The maximum atomic E-state index is 11.5. The van der Waals surface area contributed by atoms with E-state index >= 15 is 0 Å². The molecule has 1 aliphatic carbocycles. The number of hydrogen-bond acceptors (Lipinski definition) is 3. The molecular formula is C14H18ClNO2. The van der Waals surface area contributed by atoms with Crippen molar-refractivity contribution in [2.75, 3.05) is 13.7 Å².